The van der Waals surface area contributed by atoms with Gasteiger partial charge in [-0.3, -0.25) is 0 Å². The Kier molecular flexibility index (Phi) is 5.16. The molecule has 0 bridgehead atoms. The minimum Gasteiger partial charge on any atom is -0.330 e. The van der Waals surface area contributed by atoms with Gasteiger partial charge >= 0.3 is 0 Å². The van der Waals surface area contributed by atoms with Crippen LogP contribution in [0.15, 0.2) is 60.7 Å². The van der Waals surface area contributed by atoms with Crippen LogP contribution in [0.5, 0.6) is 0 Å². The van der Waals surface area contributed by atoms with E-state index in [-0.39, 0.29) is 5.41 Å². The summed E-state index contributed by atoms with van der Waals surface area (Å²) in [7, 11) is 4.26. The highest BCUT2D eigenvalue weighted by atomic mass is 15.1. The van der Waals surface area contributed by atoms with Crippen molar-refractivity contribution in [2.24, 2.45) is 11.7 Å². The van der Waals surface area contributed by atoms with Crippen LogP contribution in [0.25, 0.3) is 0 Å². The summed E-state index contributed by atoms with van der Waals surface area (Å²) in [4.78, 5) is 2.26. The van der Waals surface area contributed by atoms with Crippen molar-refractivity contribution < 1.29 is 0 Å². The Hall–Kier alpha value is -1.64. The molecule has 0 amide bonds. The average Bonchev–Trinajstić information content (AvgIpc) is 2.53. The SMILES string of the molecule is CC(CN)C(CN(C)C)(c1ccccc1)c1ccccc1. The van der Waals surface area contributed by atoms with E-state index in [0.29, 0.717) is 12.5 Å². The quantitative estimate of drug-likeness (QED) is 0.882. The Bertz CT molecular complexity index is 495. The van der Waals surface area contributed by atoms with Crippen LogP contribution in [-0.4, -0.2) is 32.1 Å². The van der Waals surface area contributed by atoms with Gasteiger partial charge in [-0.15, -0.1) is 0 Å². The van der Waals surface area contributed by atoms with E-state index in [1.165, 1.54) is 11.1 Å². The molecule has 2 nitrogen and oxygen atoms in total. The molecule has 0 fully saturated rings. The molecule has 0 heterocycles. The first kappa shape index (κ1) is 15.7. The van der Waals surface area contributed by atoms with Crippen LogP contribution < -0.4 is 5.73 Å². The van der Waals surface area contributed by atoms with E-state index in [9.17, 15) is 0 Å². The predicted octanol–water partition coefficient (Wildman–Crippen LogP) is 3.13. The second kappa shape index (κ2) is 6.88. The lowest BCUT2D eigenvalue weighted by molar-refractivity contribution is 0.250. The largest absolute Gasteiger partial charge is 0.330 e. The van der Waals surface area contributed by atoms with Gasteiger partial charge in [0.25, 0.3) is 0 Å². The van der Waals surface area contributed by atoms with Crippen molar-refractivity contribution in [3.8, 4) is 0 Å². The standard InChI is InChI=1S/C19H26N2/c1-16(14-20)19(15-21(2)3,17-10-6-4-7-11-17)18-12-8-5-9-13-18/h4-13,16H,14-15,20H2,1-3H3. The molecule has 2 N–H and O–H groups in total. The maximum absolute atomic E-state index is 6.09. The number of nitrogens with two attached hydrogens (primary N) is 1. The number of hydrogen-bond acceptors (Lipinski definition) is 2. The molecule has 0 saturated heterocycles. The van der Waals surface area contributed by atoms with Crippen LogP contribution in [0, 0.1) is 5.92 Å². The van der Waals surface area contributed by atoms with E-state index in [2.05, 4.69) is 86.6 Å². The zero-order valence-corrected chi connectivity index (χ0v) is 13.3. The Labute approximate surface area is 128 Å². The fraction of sp³-hybridized carbons (Fsp3) is 0.368. The highest BCUT2D eigenvalue weighted by Gasteiger charge is 2.39. The van der Waals surface area contributed by atoms with Crippen molar-refractivity contribution in [2.75, 3.05) is 27.2 Å². The van der Waals surface area contributed by atoms with Gasteiger partial charge in [-0.05, 0) is 37.7 Å². The molecule has 1 atom stereocenters. The summed E-state index contributed by atoms with van der Waals surface area (Å²) < 4.78 is 0. The third kappa shape index (κ3) is 3.17. The van der Waals surface area contributed by atoms with Crippen molar-refractivity contribution in [3.05, 3.63) is 71.8 Å². The third-order valence-corrected chi connectivity index (χ3v) is 4.34. The lowest BCUT2D eigenvalue weighted by Gasteiger charge is -2.42. The van der Waals surface area contributed by atoms with Gasteiger partial charge < -0.3 is 10.6 Å². The van der Waals surface area contributed by atoms with Gasteiger partial charge in [0.15, 0.2) is 0 Å². The van der Waals surface area contributed by atoms with E-state index >= 15 is 0 Å². The molecular formula is C19H26N2. The Morgan fingerprint density at radius 3 is 1.67 bits per heavy atom. The molecule has 0 aliphatic heterocycles. The van der Waals surface area contributed by atoms with Gasteiger partial charge in [0, 0.05) is 12.0 Å². The summed E-state index contributed by atoms with van der Waals surface area (Å²) in [6, 6.07) is 21.5. The first-order valence-corrected chi connectivity index (χ1v) is 7.57. The molecule has 2 aromatic rings. The van der Waals surface area contributed by atoms with Crippen LogP contribution in [0.3, 0.4) is 0 Å². The molecule has 0 aliphatic rings. The maximum atomic E-state index is 6.09. The Morgan fingerprint density at radius 1 is 0.905 bits per heavy atom. The molecule has 21 heavy (non-hydrogen) atoms. The number of benzene rings is 2. The first-order valence-electron chi connectivity index (χ1n) is 7.57. The van der Waals surface area contributed by atoms with Gasteiger partial charge in [0.1, 0.15) is 0 Å². The minimum atomic E-state index is -0.0826. The predicted molar refractivity (Wildman–Crippen MR) is 90.4 cm³/mol. The van der Waals surface area contributed by atoms with Crippen molar-refractivity contribution in [1.82, 2.24) is 4.90 Å². The van der Waals surface area contributed by atoms with E-state index < -0.39 is 0 Å². The summed E-state index contributed by atoms with van der Waals surface area (Å²) in [5, 5.41) is 0. The molecule has 0 aliphatic carbocycles. The monoisotopic (exact) mass is 282 g/mol. The zero-order valence-electron chi connectivity index (χ0n) is 13.3. The van der Waals surface area contributed by atoms with Gasteiger partial charge in [-0.2, -0.15) is 0 Å². The smallest absolute Gasteiger partial charge is 0.0367 e. The van der Waals surface area contributed by atoms with E-state index in [1.807, 2.05) is 0 Å². The molecule has 112 valence electrons. The highest BCUT2D eigenvalue weighted by Crippen LogP contribution is 2.39. The van der Waals surface area contributed by atoms with Crippen LogP contribution in [-0.2, 0) is 5.41 Å². The average molecular weight is 282 g/mol. The van der Waals surface area contributed by atoms with E-state index in [1.54, 1.807) is 0 Å². The third-order valence-electron chi connectivity index (χ3n) is 4.34. The topological polar surface area (TPSA) is 29.3 Å². The molecule has 0 saturated carbocycles. The summed E-state index contributed by atoms with van der Waals surface area (Å²) in [6.45, 7) is 3.86. The van der Waals surface area contributed by atoms with Crippen molar-refractivity contribution >= 4 is 0 Å². The number of rotatable bonds is 6. The zero-order chi connectivity index (χ0) is 15.3. The molecule has 2 heteroatoms. The number of hydrogen-bond donors (Lipinski definition) is 1. The van der Waals surface area contributed by atoms with Crippen LogP contribution in [0.4, 0.5) is 0 Å². The molecule has 2 aromatic carbocycles. The van der Waals surface area contributed by atoms with Gasteiger partial charge in [-0.1, -0.05) is 67.6 Å². The van der Waals surface area contributed by atoms with E-state index in [4.69, 9.17) is 5.73 Å². The summed E-state index contributed by atoms with van der Waals surface area (Å²) in [5.74, 6) is 0.352. The number of likely N-dealkylation sites (N-methyl/N-ethyl adjacent to an activating group) is 1. The minimum absolute atomic E-state index is 0.0826. The van der Waals surface area contributed by atoms with Crippen molar-refractivity contribution in [2.45, 2.75) is 12.3 Å². The lowest BCUT2D eigenvalue weighted by atomic mass is 9.66. The van der Waals surface area contributed by atoms with Crippen molar-refractivity contribution in [3.63, 3.8) is 0 Å². The van der Waals surface area contributed by atoms with E-state index in [0.717, 1.165) is 6.54 Å². The summed E-state index contributed by atoms with van der Waals surface area (Å²) >= 11 is 0. The number of nitrogens with zero attached hydrogens (tertiary/aromatic N) is 1. The molecule has 2 rings (SSSR count). The van der Waals surface area contributed by atoms with Crippen molar-refractivity contribution in [1.29, 1.82) is 0 Å². The molecule has 1 unspecified atom stereocenters. The summed E-state index contributed by atoms with van der Waals surface area (Å²) in [6.07, 6.45) is 0. The summed E-state index contributed by atoms with van der Waals surface area (Å²) in [5.41, 5.74) is 8.68. The maximum Gasteiger partial charge on any atom is 0.0367 e. The van der Waals surface area contributed by atoms with Gasteiger partial charge in [0.05, 0.1) is 0 Å². The fourth-order valence-electron chi connectivity index (χ4n) is 3.25. The molecule has 0 aromatic heterocycles. The van der Waals surface area contributed by atoms with Crippen LogP contribution in [0.2, 0.25) is 0 Å². The fourth-order valence-corrected chi connectivity index (χ4v) is 3.25. The van der Waals surface area contributed by atoms with Crippen LogP contribution >= 0.6 is 0 Å². The first-order chi connectivity index (χ1) is 10.1. The Morgan fingerprint density at radius 2 is 1.33 bits per heavy atom. The molecular weight excluding hydrogens is 256 g/mol. The Balaban J connectivity index is 2.65. The van der Waals surface area contributed by atoms with Crippen LogP contribution in [0.1, 0.15) is 18.1 Å². The normalized spacial score (nSPS) is 13.4. The second-order valence-corrected chi connectivity index (χ2v) is 6.08. The van der Waals surface area contributed by atoms with Gasteiger partial charge in [-0.25, -0.2) is 0 Å². The second-order valence-electron chi connectivity index (χ2n) is 6.08. The van der Waals surface area contributed by atoms with Gasteiger partial charge in [0.2, 0.25) is 0 Å². The lowest BCUT2D eigenvalue weighted by Crippen LogP contribution is -2.46. The molecule has 0 radical (unpaired) electrons. The molecule has 0 spiro atoms. The highest BCUT2D eigenvalue weighted by molar-refractivity contribution is 5.41.